The van der Waals surface area contributed by atoms with Crippen LogP contribution >= 0.6 is 11.8 Å². The zero-order chi connectivity index (χ0) is 16.2. The molecule has 5 nitrogen and oxygen atoms in total. The van der Waals surface area contributed by atoms with Crippen LogP contribution in [-0.4, -0.2) is 22.0 Å². The molecular formula is C16H10FN3O2S. The second kappa shape index (κ2) is 6.53. The molecule has 1 aliphatic heterocycles. The van der Waals surface area contributed by atoms with Crippen LogP contribution in [0.2, 0.25) is 0 Å². The SMILES string of the molecule is O=C1NC(=NC(=O)c2ccc(F)cc2)SC1=Cc1ccccn1. The predicted molar refractivity (Wildman–Crippen MR) is 86.1 cm³/mol. The smallest absolute Gasteiger partial charge is 0.279 e. The fraction of sp³-hybridized carbons (Fsp3) is 0. The van der Waals surface area contributed by atoms with E-state index < -0.39 is 11.7 Å². The molecule has 3 rings (SSSR count). The van der Waals surface area contributed by atoms with Gasteiger partial charge >= 0.3 is 0 Å². The lowest BCUT2D eigenvalue weighted by Crippen LogP contribution is -2.20. The van der Waals surface area contributed by atoms with Gasteiger partial charge in [-0.05, 0) is 54.2 Å². The molecule has 1 fully saturated rings. The number of nitrogens with one attached hydrogen (secondary N) is 1. The Bertz CT molecular complexity index is 817. The third-order valence-corrected chi connectivity index (χ3v) is 3.82. The fourth-order valence-corrected chi connectivity index (χ4v) is 2.63. The number of hydrogen-bond donors (Lipinski definition) is 1. The Hall–Kier alpha value is -2.80. The maximum Gasteiger partial charge on any atom is 0.279 e. The number of pyridine rings is 1. The third-order valence-electron chi connectivity index (χ3n) is 2.91. The first-order valence-electron chi connectivity index (χ1n) is 6.62. The van der Waals surface area contributed by atoms with Crippen molar-refractivity contribution in [3.8, 4) is 0 Å². The molecule has 1 aromatic heterocycles. The fourth-order valence-electron chi connectivity index (χ4n) is 1.83. The monoisotopic (exact) mass is 327 g/mol. The third kappa shape index (κ3) is 3.70. The van der Waals surface area contributed by atoms with E-state index in [1.54, 1.807) is 24.4 Å². The molecule has 0 saturated carbocycles. The first-order chi connectivity index (χ1) is 11.1. The van der Waals surface area contributed by atoms with Crippen molar-refractivity contribution in [2.24, 2.45) is 4.99 Å². The molecule has 0 bridgehead atoms. The first kappa shape index (κ1) is 15.1. The lowest BCUT2D eigenvalue weighted by molar-refractivity contribution is -0.115. The highest BCUT2D eigenvalue weighted by Crippen LogP contribution is 2.25. The van der Waals surface area contributed by atoms with Crippen molar-refractivity contribution in [3.05, 3.63) is 70.6 Å². The van der Waals surface area contributed by atoms with Gasteiger partial charge in [0.15, 0.2) is 5.17 Å². The molecule has 23 heavy (non-hydrogen) atoms. The molecular weight excluding hydrogens is 317 g/mol. The normalized spacial score (nSPS) is 17.5. The van der Waals surface area contributed by atoms with E-state index in [1.165, 1.54) is 24.3 Å². The Morgan fingerprint density at radius 3 is 2.70 bits per heavy atom. The number of nitrogens with zero attached hydrogens (tertiary/aromatic N) is 2. The number of thioether (sulfide) groups is 1. The first-order valence-corrected chi connectivity index (χ1v) is 7.44. The summed E-state index contributed by atoms with van der Waals surface area (Å²) in [6.45, 7) is 0. The highest BCUT2D eigenvalue weighted by Gasteiger charge is 2.24. The Labute approximate surface area is 135 Å². The van der Waals surface area contributed by atoms with Crippen molar-refractivity contribution in [2.75, 3.05) is 0 Å². The summed E-state index contributed by atoms with van der Waals surface area (Å²) in [5, 5.41) is 2.71. The summed E-state index contributed by atoms with van der Waals surface area (Å²) in [6, 6.07) is 10.4. The van der Waals surface area contributed by atoms with Crippen LogP contribution in [0, 0.1) is 5.82 Å². The number of aliphatic imine (C=N–C) groups is 1. The summed E-state index contributed by atoms with van der Waals surface area (Å²) in [4.78, 5) is 32.2. The van der Waals surface area contributed by atoms with Gasteiger partial charge < -0.3 is 5.32 Å². The summed E-state index contributed by atoms with van der Waals surface area (Å²) in [5.74, 6) is -1.32. The number of benzene rings is 1. The quantitative estimate of drug-likeness (QED) is 0.861. The molecule has 1 aromatic carbocycles. The van der Waals surface area contributed by atoms with E-state index in [9.17, 15) is 14.0 Å². The minimum absolute atomic E-state index is 0.187. The zero-order valence-electron chi connectivity index (χ0n) is 11.7. The van der Waals surface area contributed by atoms with Gasteiger partial charge in [0.2, 0.25) is 0 Å². The Morgan fingerprint density at radius 2 is 2.00 bits per heavy atom. The summed E-state index contributed by atoms with van der Waals surface area (Å²) < 4.78 is 12.8. The maximum atomic E-state index is 12.8. The molecule has 7 heteroatoms. The topological polar surface area (TPSA) is 71.4 Å². The summed E-state index contributed by atoms with van der Waals surface area (Å²) >= 11 is 1.06. The second-order valence-corrected chi connectivity index (χ2v) is 5.58. The Kier molecular flexibility index (Phi) is 4.29. The molecule has 0 atom stereocenters. The summed E-state index contributed by atoms with van der Waals surface area (Å²) in [6.07, 6.45) is 3.24. The van der Waals surface area contributed by atoms with Crippen LogP contribution in [0.25, 0.3) is 6.08 Å². The van der Waals surface area contributed by atoms with Crippen LogP contribution in [0.5, 0.6) is 0 Å². The molecule has 2 heterocycles. The lowest BCUT2D eigenvalue weighted by Gasteiger charge is -1.96. The predicted octanol–water partition coefficient (Wildman–Crippen LogP) is 2.62. The van der Waals surface area contributed by atoms with Crippen LogP contribution < -0.4 is 5.32 Å². The van der Waals surface area contributed by atoms with Crippen LogP contribution in [0.4, 0.5) is 4.39 Å². The van der Waals surface area contributed by atoms with E-state index in [0.717, 1.165) is 11.8 Å². The lowest BCUT2D eigenvalue weighted by atomic mass is 10.2. The highest BCUT2D eigenvalue weighted by atomic mass is 32.2. The van der Waals surface area contributed by atoms with Gasteiger partial charge in [0.25, 0.3) is 11.8 Å². The number of carbonyl (C=O) groups is 2. The molecule has 1 N–H and O–H groups in total. The van der Waals surface area contributed by atoms with Crippen LogP contribution in [-0.2, 0) is 4.79 Å². The van der Waals surface area contributed by atoms with E-state index in [0.29, 0.717) is 10.6 Å². The number of amidine groups is 1. The van der Waals surface area contributed by atoms with E-state index in [1.807, 2.05) is 6.07 Å². The number of aromatic nitrogens is 1. The van der Waals surface area contributed by atoms with Crippen molar-refractivity contribution >= 4 is 34.8 Å². The van der Waals surface area contributed by atoms with Crippen molar-refractivity contribution < 1.29 is 14.0 Å². The average molecular weight is 327 g/mol. The van der Waals surface area contributed by atoms with Gasteiger partial charge in [0.05, 0.1) is 10.6 Å². The van der Waals surface area contributed by atoms with Crippen LogP contribution in [0.3, 0.4) is 0 Å². The van der Waals surface area contributed by atoms with E-state index in [-0.39, 0.29) is 16.6 Å². The molecule has 114 valence electrons. The van der Waals surface area contributed by atoms with Gasteiger partial charge in [-0.2, -0.15) is 4.99 Å². The van der Waals surface area contributed by atoms with Gasteiger partial charge in [-0.25, -0.2) is 4.39 Å². The zero-order valence-corrected chi connectivity index (χ0v) is 12.5. The summed E-state index contributed by atoms with van der Waals surface area (Å²) in [7, 11) is 0. The average Bonchev–Trinajstić information content (AvgIpc) is 2.88. The number of rotatable bonds is 2. The molecule has 0 unspecified atom stereocenters. The van der Waals surface area contributed by atoms with Gasteiger partial charge in [-0.15, -0.1) is 0 Å². The maximum absolute atomic E-state index is 12.8. The van der Waals surface area contributed by atoms with E-state index >= 15 is 0 Å². The molecule has 0 spiro atoms. The van der Waals surface area contributed by atoms with E-state index in [4.69, 9.17) is 0 Å². The Balaban J connectivity index is 1.78. The Morgan fingerprint density at radius 1 is 1.22 bits per heavy atom. The van der Waals surface area contributed by atoms with Crippen molar-refractivity contribution in [1.82, 2.24) is 10.3 Å². The van der Waals surface area contributed by atoms with Crippen molar-refractivity contribution in [1.29, 1.82) is 0 Å². The minimum atomic E-state index is -0.549. The molecule has 1 saturated heterocycles. The van der Waals surface area contributed by atoms with E-state index in [2.05, 4.69) is 15.3 Å². The van der Waals surface area contributed by atoms with Crippen LogP contribution in [0.1, 0.15) is 16.1 Å². The van der Waals surface area contributed by atoms with Gasteiger partial charge in [-0.1, -0.05) is 6.07 Å². The molecule has 0 aliphatic carbocycles. The highest BCUT2D eigenvalue weighted by molar-refractivity contribution is 8.18. The number of carbonyl (C=O) groups excluding carboxylic acids is 2. The van der Waals surface area contributed by atoms with Crippen LogP contribution in [0.15, 0.2) is 58.6 Å². The standard InChI is InChI=1S/C16H10FN3O2S/c17-11-6-4-10(5-7-11)14(21)19-16-20-15(22)13(23-16)9-12-3-1-2-8-18-12/h1-9H,(H,19,20,21,22). The largest absolute Gasteiger partial charge is 0.300 e. The number of amides is 2. The molecule has 2 aromatic rings. The minimum Gasteiger partial charge on any atom is -0.300 e. The molecule has 0 radical (unpaired) electrons. The summed E-state index contributed by atoms with van der Waals surface area (Å²) in [5.41, 5.74) is 0.882. The second-order valence-electron chi connectivity index (χ2n) is 4.55. The molecule has 1 aliphatic rings. The number of hydrogen-bond acceptors (Lipinski definition) is 4. The van der Waals surface area contributed by atoms with Crippen molar-refractivity contribution in [3.63, 3.8) is 0 Å². The van der Waals surface area contributed by atoms with Gasteiger partial charge in [0, 0.05) is 11.8 Å². The molecule has 2 amide bonds. The number of halogens is 1. The van der Waals surface area contributed by atoms with Gasteiger partial charge in [-0.3, -0.25) is 14.6 Å². The van der Waals surface area contributed by atoms with Crippen molar-refractivity contribution in [2.45, 2.75) is 0 Å². The van der Waals surface area contributed by atoms with Gasteiger partial charge in [0.1, 0.15) is 5.82 Å².